The molecule has 0 spiro atoms. The monoisotopic (exact) mass is 303 g/mol. The minimum absolute atomic E-state index is 0.0214. The number of hydrogen-bond acceptors (Lipinski definition) is 2. The number of likely N-dealkylation sites (tertiary alicyclic amines) is 1. The van der Waals surface area contributed by atoms with Gasteiger partial charge in [-0.15, -0.1) is 0 Å². The standard InChI is InChI=1S/C15H20ClF2NO/c1-20-9-7-11-4-2-3-8-19(11)10-12-14(17)6-5-13(16)15(12)18/h5-6,11H,2-4,7-10H2,1H3. The van der Waals surface area contributed by atoms with Crippen molar-refractivity contribution in [2.75, 3.05) is 20.3 Å². The van der Waals surface area contributed by atoms with Crippen LogP contribution in [0.1, 0.15) is 31.2 Å². The maximum absolute atomic E-state index is 14.0. The minimum atomic E-state index is -0.636. The van der Waals surface area contributed by atoms with Gasteiger partial charge < -0.3 is 4.74 Å². The van der Waals surface area contributed by atoms with Crippen molar-refractivity contribution >= 4 is 11.6 Å². The van der Waals surface area contributed by atoms with Crippen LogP contribution in [-0.2, 0) is 11.3 Å². The van der Waals surface area contributed by atoms with Crippen molar-refractivity contribution in [1.82, 2.24) is 4.90 Å². The summed E-state index contributed by atoms with van der Waals surface area (Å²) in [6, 6.07) is 2.81. The molecule has 0 saturated carbocycles. The first-order valence-electron chi connectivity index (χ1n) is 6.99. The van der Waals surface area contributed by atoms with Gasteiger partial charge in [0.2, 0.25) is 0 Å². The first-order valence-corrected chi connectivity index (χ1v) is 7.36. The Morgan fingerprint density at radius 2 is 2.15 bits per heavy atom. The highest BCUT2D eigenvalue weighted by molar-refractivity contribution is 6.30. The van der Waals surface area contributed by atoms with Crippen molar-refractivity contribution in [3.63, 3.8) is 0 Å². The van der Waals surface area contributed by atoms with Gasteiger partial charge in [-0.1, -0.05) is 18.0 Å². The van der Waals surface area contributed by atoms with E-state index in [2.05, 4.69) is 4.90 Å². The van der Waals surface area contributed by atoms with Crippen LogP contribution in [0.4, 0.5) is 8.78 Å². The van der Waals surface area contributed by atoms with Crippen LogP contribution in [-0.4, -0.2) is 31.2 Å². The average molecular weight is 304 g/mol. The summed E-state index contributed by atoms with van der Waals surface area (Å²) >= 11 is 5.74. The third-order valence-electron chi connectivity index (χ3n) is 3.90. The summed E-state index contributed by atoms with van der Waals surface area (Å²) < 4.78 is 32.9. The van der Waals surface area contributed by atoms with E-state index in [1.165, 1.54) is 12.1 Å². The quantitative estimate of drug-likeness (QED) is 0.762. The second-order valence-electron chi connectivity index (χ2n) is 5.22. The molecule has 112 valence electrons. The predicted octanol–water partition coefficient (Wildman–Crippen LogP) is 4.01. The molecule has 0 radical (unpaired) electrons. The Kier molecular flexibility index (Phi) is 5.75. The highest BCUT2D eigenvalue weighted by atomic mass is 35.5. The van der Waals surface area contributed by atoms with Crippen molar-refractivity contribution < 1.29 is 13.5 Å². The van der Waals surface area contributed by atoms with Crippen molar-refractivity contribution in [2.45, 2.75) is 38.3 Å². The van der Waals surface area contributed by atoms with E-state index in [0.29, 0.717) is 12.6 Å². The molecule has 1 aromatic carbocycles. The third kappa shape index (κ3) is 3.68. The van der Waals surface area contributed by atoms with Gasteiger partial charge in [0.15, 0.2) is 0 Å². The van der Waals surface area contributed by atoms with Crippen molar-refractivity contribution in [3.8, 4) is 0 Å². The molecule has 0 N–H and O–H groups in total. The second kappa shape index (κ2) is 7.34. The Balaban J connectivity index is 2.12. The summed E-state index contributed by atoms with van der Waals surface area (Å²) in [5.74, 6) is -1.16. The normalized spacial score (nSPS) is 20.3. The lowest BCUT2D eigenvalue weighted by Gasteiger charge is -2.35. The fourth-order valence-electron chi connectivity index (χ4n) is 2.77. The highest BCUT2D eigenvalue weighted by Gasteiger charge is 2.24. The topological polar surface area (TPSA) is 12.5 Å². The van der Waals surface area contributed by atoms with Gasteiger partial charge >= 0.3 is 0 Å². The molecule has 1 saturated heterocycles. The molecule has 0 aromatic heterocycles. The molecule has 1 aliphatic heterocycles. The average Bonchev–Trinajstić information content (AvgIpc) is 2.46. The van der Waals surface area contributed by atoms with Gasteiger partial charge in [-0.2, -0.15) is 0 Å². The van der Waals surface area contributed by atoms with Crippen LogP contribution in [0.2, 0.25) is 5.02 Å². The van der Waals surface area contributed by atoms with E-state index in [-0.39, 0.29) is 17.1 Å². The zero-order chi connectivity index (χ0) is 14.5. The summed E-state index contributed by atoms with van der Waals surface area (Å²) in [4.78, 5) is 2.14. The van der Waals surface area contributed by atoms with E-state index < -0.39 is 11.6 Å². The fourth-order valence-corrected chi connectivity index (χ4v) is 2.94. The van der Waals surface area contributed by atoms with Gasteiger partial charge in [0, 0.05) is 31.9 Å². The molecule has 0 amide bonds. The SMILES string of the molecule is COCCC1CCCCN1Cc1c(F)ccc(Cl)c1F. The van der Waals surface area contributed by atoms with Crippen molar-refractivity contribution in [2.24, 2.45) is 0 Å². The number of piperidine rings is 1. The molecule has 2 rings (SSSR count). The number of nitrogens with zero attached hydrogens (tertiary/aromatic N) is 1. The van der Waals surface area contributed by atoms with Gasteiger partial charge in [0.1, 0.15) is 11.6 Å². The van der Waals surface area contributed by atoms with Gasteiger partial charge in [-0.05, 0) is 37.9 Å². The predicted molar refractivity (Wildman–Crippen MR) is 75.9 cm³/mol. The van der Waals surface area contributed by atoms with Crippen LogP contribution < -0.4 is 0 Å². The maximum Gasteiger partial charge on any atom is 0.149 e. The van der Waals surface area contributed by atoms with Crippen LogP contribution in [0.5, 0.6) is 0 Å². The number of halogens is 3. The lowest BCUT2D eigenvalue weighted by atomic mass is 9.98. The van der Waals surface area contributed by atoms with Crippen LogP contribution in [0.25, 0.3) is 0 Å². The number of rotatable bonds is 5. The summed E-state index contributed by atoms with van der Waals surface area (Å²) in [5.41, 5.74) is 0.0711. The van der Waals surface area contributed by atoms with Crippen LogP contribution in [0.15, 0.2) is 12.1 Å². The molecule has 1 heterocycles. The van der Waals surface area contributed by atoms with Gasteiger partial charge in [0.25, 0.3) is 0 Å². The molecular weight excluding hydrogens is 284 g/mol. The number of benzene rings is 1. The van der Waals surface area contributed by atoms with Gasteiger partial charge in [-0.3, -0.25) is 4.90 Å². The molecule has 1 fully saturated rings. The summed E-state index contributed by atoms with van der Waals surface area (Å²) in [5, 5.41) is -0.0214. The molecule has 1 atom stereocenters. The van der Waals surface area contributed by atoms with E-state index in [0.717, 1.165) is 32.2 Å². The highest BCUT2D eigenvalue weighted by Crippen LogP contribution is 2.26. The number of methoxy groups -OCH3 is 1. The fraction of sp³-hybridized carbons (Fsp3) is 0.600. The van der Waals surface area contributed by atoms with E-state index in [1.54, 1.807) is 7.11 Å². The number of hydrogen-bond donors (Lipinski definition) is 0. The lowest BCUT2D eigenvalue weighted by molar-refractivity contribution is 0.0955. The van der Waals surface area contributed by atoms with E-state index >= 15 is 0 Å². The molecule has 1 aliphatic rings. The van der Waals surface area contributed by atoms with Crippen LogP contribution in [0.3, 0.4) is 0 Å². The zero-order valence-corrected chi connectivity index (χ0v) is 12.4. The van der Waals surface area contributed by atoms with Gasteiger partial charge in [-0.25, -0.2) is 8.78 Å². The molecule has 20 heavy (non-hydrogen) atoms. The molecule has 1 unspecified atom stereocenters. The first-order chi connectivity index (χ1) is 9.63. The van der Waals surface area contributed by atoms with Gasteiger partial charge in [0.05, 0.1) is 5.02 Å². The maximum atomic E-state index is 14.0. The second-order valence-corrected chi connectivity index (χ2v) is 5.63. The number of ether oxygens (including phenoxy) is 1. The van der Waals surface area contributed by atoms with E-state index in [1.807, 2.05) is 0 Å². The minimum Gasteiger partial charge on any atom is -0.385 e. The smallest absolute Gasteiger partial charge is 0.149 e. The molecular formula is C15H20ClF2NO. The molecule has 5 heteroatoms. The largest absolute Gasteiger partial charge is 0.385 e. The Bertz CT molecular complexity index is 456. The van der Waals surface area contributed by atoms with Crippen molar-refractivity contribution in [1.29, 1.82) is 0 Å². The van der Waals surface area contributed by atoms with Crippen LogP contribution >= 0.6 is 11.6 Å². The van der Waals surface area contributed by atoms with Crippen molar-refractivity contribution in [3.05, 3.63) is 34.4 Å². The molecule has 2 nitrogen and oxygen atoms in total. The Morgan fingerprint density at radius 1 is 1.35 bits per heavy atom. The molecule has 0 aliphatic carbocycles. The molecule has 0 bridgehead atoms. The molecule has 1 aromatic rings. The van der Waals surface area contributed by atoms with Crippen LogP contribution in [0, 0.1) is 11.6 Å². The summed E-state index contributed by atoms with van der Waals surface area (Å²) in [7, 11) is 1.67. The Hall–Kier alpha value is -0.710. The third-order valence-corrected chi connectivity index (χ3v) is 4.20. The first kappa shape index (κ1) is 15.7. The summed E-state index contributed by atoms with van der Waals surface area (Å²) in [6.45, 7) is 1.80. The Morgan fingerprint density at radius 3 is 2.90 bits per heavy atom. The lowest BCUT2D eigenvalue weighted by Crippen LogP contribution is -2.40. The van der Waals surface area contributed by atoms with E-state index in [9.17, 15) is 8.78 Å². The van der Waals surface area contributed by atoms with E-state index in [4.69, 9.17) is 16.3 Å². The Labute approximate surface area is 123 Å². The zero-order valence-electron chi connectivity index (χ0n) is 11.7. The summed E-state index contributed by atoms with van der Waals surface area (Å²) in [6.07, 6.45) is 4.16.